The third-order valence-corrected chi connectivity index (χ3v) is 8.26. The van der Waals surface area contributed by atoms with Crippen molar-refractivity contribution in [2.75, 3.05) is 32.8 Å². The Morgan fingerprint density at radius 1 is 1.17 bits per heavy atom. The van der Waals surface area contributed by atoms with Crippen molar-refractivity contribution in [2.45, 2.75) is 64.6 Å². The fourth-order valence-corrected chi connectivity index (χ4v) is 6.21. The molecule has 1 N–H and O–H groups in total. The Kier molecular flexibility index (Phi) is 6.11. The van der Waals surface area contributed by atoms with Gasteiger partial charge >= 0.3 is 6.03 Å². The highest BCUT2D eigenvalue weighted by molar-refractivity contribution is 5.77. The number of carbonyl (C=O) groups excluding carboxylic acids is 1. The number of ether oxygens (including phenoxy) is 1. The number of rotatable bonds is 2. The lowest BCUT2D eigenvalue weighted by Gasteiger charge is -2.39. The van der Waals surface area contributed by atoms with E-state index >= 15 is 0 Å². The number of amides is 2. The van der Waals surface area contributed by atoms with Crippen LogP contribution < -0.4 is 5.32 Å². The molecule has 2 fully saturated rings. The summed E-state index contributed by atoms with van der Waals surface area (Å²) in [6.45, 7) is 8.73. The maximum Gasteiger partial charge on any atom is 0.320 e. The lowest BCUT2D eigenvalue weighted by Crippen LogP contribution is -2.53. The Hall–Kier alpha value is -2.70. The highest BCUT2D eigenvalue weighted by Crippen LogP contribution is 2.37. The van der Waals surface area contributed by atoms with Gasteiger partial charge in [-0.2, -0.15) is 0 Å². The average molecular weight is 473 g/mol. The number of aromatic nitrogens is 1. The molecule has 0 bridgehead atoms. The summed E-state index contributed by atoms with van der Waals surface area (Å²) in [4.78, 5) is 22.3. The molecule has 6 heteroatoms. The SMILES string of the molecule is CC1=CCCc2ncc(-c3cc4c(c([C@@H]5CCCN5)c3)CN(C(=O)N3CCOC[C@H]3C)CC4)cc21. The number of allylic oxidation sites excluding steroid dienone is 2. The van der Waals surface area contributed by atoms with Crippen LogP contribution in [0, 0.1) is 0 Å². The molecule has 184 valence electrons. The number of morpholine rings is 1. The van der Waals surface area contributed by atoms with Crippen molar-refractivity contribution in [3.05, 3.63) is 58.4 Å². The molecular weight excluding hydrogens is 436 g/mol. The van der Waals surface area contributed by atoms with Crippen LogP contribution in [-0.4, -0.2) is 59.7 Å². The topological polar surface area (TPSA) is 57.7 Å². The van der Waals surface area contributed by atoms with Gasteiger partial charge in [0.25, 0.3) is 0 Å². The molecule has 1 aliphatic carbocycles. The largest absolute Gasteiger partial charge is 0.377 e. The summed E-state index contributed by atoms with van der Waals surface area (Å²) < 4.78 is 5.56. The minimum atomic E-state index is 0.130. The Balaban J connectivity index is 1.35. The quantitative estimate of drug-likeness (QED) is 0.687. The zero-order valence-corrected chi connectivity index (χ0v) is 21.0. The summed E-state index contributed by atoms with van der Waals surface area (Å²) >= 11 is 0. The second-order valence-corrected chi connectivity index (χ2v) is 10.6. The van der Waals surface area contributed by atoms with Gasteiger partial charge in [0.1, 0.15) is 0 Å². The molecule has 2 amide bonds. The van der Waals surface area contributed by atoms with Crippen molar-refractivity contribution in [1.29, 1.82) is 0 Å². The number of aryl methyl sites for hydroxylation is 1. The predicted octanol–water partition coefficient (Wildman–Crippen LogP) is 4.72. The fraction of sp³-hybridized carbons (Fsp3) is 0.517. The van der Waals surface area contributed by atoms with Crippen molar-refractivity contribution in [3.8, 4) is 11.1 Å². The molecule has 2 saturated heterocycles. The molecule has 2 atom stereocenters. The van der Waals surface area contributed by atoms with Crippen molar-refractivity contribution in [1.82, 2.24) is 20.1 Å². The molecule has 3 aliphatic heterocycles. The molecular formula is C29H36N4O2. The Labute approximate surface area is 208 Å². The van der Waals surface area contributed by atoms with Gasteiger partial charge in [-0.3, -0.25) is 4.98 Å². The molecule has 6 rings (SSSR count). The average Bonchev–Trinajstić information content (AvgIpc) is 3.43. The van der Waals surface area contributed by atoms with Crippen LogP contribution in [0.15, 0.2) is 30.5 Å². The van der Waals surface area contributed by atoms with Gasteiger partial charge in [0.2, 0.25) is 0 Å². The molecule has 6 nitrogen and oxygen atoms in total. The summed E-state index contributed by atoms with van der Waals surface area (Å²) in [5.41, 5.74) is 10.4. The zero-order chi connectivity index (χ0) is 23.9. The smallest absolute Gasteiger partial charge is 0.320 e. The van der Waals surface area contributed by atoms with E-state index in [9.17, 15) is 4.79 Å². The maximum atomic E-state index is 13.4. The molecule has 0 saturated carbocycles. The Morgan fingerprint density at radius 3 is 2.91 bits per heavy atom. The lowest BCUT2D eigenvalue weighted by molar-refractivity contribution is 0.00934. The van der Waals surface area contributed by atoms with Crippen molar-refractivity contribution in [3.63, 3.8) is 0 Å². The molecule has 4 aliphatic rings. The summed E-state index contributed by atoms with van der Waals surface area (Å²) in [6, 6.07) is 7.70. The van der Waals surface area contributed by atoms with E-state index in [-0.39, 0.29) is 12.1 Å². The first-order valence-electron chi connectivity index (χ1n) is 13.3. The number of fused-ring (bicyclic) bond motifs is 2. The highest BCUT2D eigenvalue weighted by Gasteiger charge is 2.32. The molecule has 2 aromatic rings. The second-order valence-electron chi connectivity index (χ2n) is 10.6. The van der Waals surface area contributed by atoms with Crippen LogP contribution >= 0.6 is 0 Å². The van der Waals surface area contributed by atoms with Gasteiger partial charge < -0.3 is 19.9 Å². The third kappa shape index (κ3) is 4.27. The van der Waals surface area contributed by atoms with E-state index in [1.165, 1.54) is 51.1 Å². The van der Waals surface area contributed by atoms with Crippen LogP contribution in [0.1, 0.15) is 67.1 Å². The van der Waals surface area contributed by atoms with Gasteiger partial charge in [0, 0.05) is 43.1 Å². The van der Waals surface area contributed by atoms with E-state index in [2.05, 4.69) is 54.5 Å². The Bertz CT molecular complexity index is 1170. The van der Waals surface area contributed by atoms with E-state index in [1.807, 2.05) is 4.90 Å². The number of carbonyl (C=O) groups is 1. The Morgan fingerprint density at radius 2 is 2.09 bits per heavy atom. The second kappa shape index (κ2) is 9.40. The molecule has 0 radical (unpaired) electrons. The standard InChI is InChI=1S/C29H36N4O2/c1-19-5-3-6-27-24(19)15-23(16-31-27)22-13-21-8-10-32(29(34)33-11-12-35-18-20(33)2)17-26(21)25(14-22)28-7-4-9-30-28/h5,13-16,20,28,30H,3-4,6-12,17-18H2,1-2H3/t20-,28+/m1/s1. The van der Waals surface area contributed by atoms with Gasteiger partial charge in [0.15, 0.2) is 0 Å². The monoisotopic (exact) mass is 472 g/mol. The minimum Gasteiger partial charge on any atom is -0.377 e. The van der Waals surface area contributed by atoms with E-state index in [0.717, 1.165) is 38.8 Å². The number of hydrogen-bond acceptors (Lipinski definition) is 4. The molecule has 0 spiro atoms. The van der Waals surface area contributed by atoms with Crippen LogP contribution in [0.4, 0.5) is 4.79 Å². The molecule has 0 unspecified atom stereocenters. The lowest BCUT2D eigenvalue weighted by atomic mass is 9.86. The van der Waals surface area contributed by atoms with Gasteiger partial charge in [-0.15, -0.1) is 0 Å². The predicted molar refractivity (Wildman–Crippen MR) is 138 cm³/mol. The van der Waals surface area contributed by atoms with Crippen LogP contribution in [0.5, 0.6) is 0 Å². The van der Waals surface area contributed by atoms with Gasteiger partial charge in [-0.1, -0.05) is 12.1 Å². The van der Waals surface area contributed by atoms with Gasteiger partial charge in [-0.25, -0.2) is 4.79 Å². The number of benzene rings is 1. The minimum absolute atomic E-state index is 0.130. The zero-order valence-electron chi connectivity index (χ0n) is 21.0. The summed E-state index contributed by atoms with van der Waals surface area (Å²) in [5.74, 6) is 0. The van der Waals surface area contributed by atoms with Crippen LogP contribution in [-0.2, 0) is 24.1 Å². The van der Waals surface area contributed by atoms with E-state index in [0.29, 0.717) is 32.3 Å². The first-order valence-corrected chi connectivity index (χ1v) is 13.3. The number of pyridine rings is 1. The van der Waals surface area contributed by atoms with Gasteiger partial charge in [-0.05, 0) is 98.0 Å². The summed E-state index contributed by atoms with van der Waals surface area (Å²) in [7, 11) is 0. The number of nitrogens with zero attached hydrogens (tertiary/aromatic N) is 3. The molecule has 1 aromatic carbocycles. The molecule has 4 heterocycles. The number of hydrogen-bond donors (Lipinski definition) is 1. The first-order chi connectivity index (χ1) is 17.1. The molecule has 35 heavy (non-hydrogen) atoms. The van der Waals surface area contributed by atoms with Crippen LogP contribution in [0.25, 0.3) is 16.7 Å². The first kappa shape index (κ1) is 22.7. The number of nitrogens with one attached hydrogen (secondary N) is 1. The van der Waals surface area contributed by atoms with Crippen LogP contribution in [0.2, 0.25) is 0 Å². The molecule has 1 aromatic heterocycles. The van der Waals surface area contributed by atoms with E-state index in [1.54, 1.807) is 0 Å². The van der Waals surface area contributed by atoms with Crippen molar-refractivity contribution >= 4 is 11.6 Å². The normalized spacial score (nSPS) is 24.1. The van der Waals surface area contributed by atoms with Crippen molar-refractivity contribution < 1.29 is 9.53 Å². The summed E-state index contributed by atoms with van der Waals surface area (Å²) in [5, 5.41) is 3.72. The van der Waals surface area contributed by atoms with E-state index < -0.39 is 0 Å². The fourth-order valence-electron chi connectivity index (χ4n) is 6.21. The van der Waals surface area contributed by atoms with Gasteiger partial charge in [0.05, 0.1) is 19.3 Å². The highest BCUT2D eigenvalue weighted by atomic mass is 16.5. The third-order valence-electron chi connectivity index (χ3n) is 8.26. The van der Waals surface area contributed by atoms with E-state index in [4.69, 9.17) is 9.72 Å². The number of urea groups is 1. The van der Waals surface area contributed by atoms with Crippen molar-refractivity contribution in [2.24, 2.45) is 0 Å². The summed E-state index contributed by atoms with van der Waals surface area (Å²) in [6.07, 6.45) is 9.74. The van der Waals surface area contributed by atoms with Crippen LogP contribution in [0.3, 0.4) is 0 Å². The maximum absolute atomic E-state index is 13.4.